The minimum atomic E-state index is -3.69. The van der Waals surface area contributed by atoms with Crippen molar-refractivity contribution in [2.24, 2.45) is 0 Å². The second kappa shape index (κ2) is 9.79. The summed E-state index contributed by atoms with van der Waals surface area (Å²) in [6.07, 6.45) is 0. The van der Waals surface area contributed by atoms with Crippen LogP contribution in [0, 0.1) is 0 Å². The summed E-state index contributed by atoms with van der Waals surface area (Å²) in [6.45, 7) is 0. The molecule has 0 saturated carbocycles. The molecule has 0 heterocycles. The van der Waals surface area contributed by atoms with Crippen LogP contribution in [-0.4, -0.2) is 30.2 Å². The van der Waals surface area contributed by atoms with Gasteiger partial charge in [-0.3, -0.25) is 0 Å². The number of hydrogen-bond acceptors (Lipinski definition) is 2. The van der Waals surface area contributed by atoms with E-state index < -0.39 is 15.4 Å². The summed E-state index contributed by atoms with van der Waals surface area (Å²) in [5.74, 6) is 0. The molecular formula is H4BiO3V2. The third-order valence-electron chi connectivity index (χ3n) is 0. The van der Waals surface area contributed by atoms with E-state index in [4.69, 9.17) is 11.4 Å². The van der Waals surface area contributed by atoms with Gasteiger partial charge in [0, 0.05) is 18.6 Å². The van der Waals surface area contributed by atoms with Crippen molar-refractivity contribution in [3.8, 4) is 0 Å². The molecule has 0 spiro atoms. The van der Waals surface area contributed by atoms with E-state index in [2.05, 4.69) is 0 Å². The van der Waals surface area contributed by atoms with Gasteiger partial charge < -0.3 is 0 Å². The summed E-state index contributed by atoms with van der Waals surface area (Å²) in [6, 6.07) is 0. The second-order valence-electron chi connectivity index (χ2n) is 0.238. The zero-order valence-electron chi connectivity index (χ0n) is 2.87. The molecule has 0 fully saturated rings. The Morgan fingerprint density at radius 2 is 1.33 bits per heavy atom. The van der Waals surface area contributed by atoms with Gasteiger partial charge in [-0.15, -0.1) is 0 Å². The van der Waals surface area contributed by atoms with Gasteiger partial charge >= 0.3 is 53.0 Å². The summed E-state index contributed by atoms with van der Waals surface area (Å²) >= 11 is -3.69. The first-order valence-corrected chi connectivity index (χ1v) is 2.33. The maximum atomic E-state index is 8.67. The van der Waals surface area contributed by atoms with Gasteiger partial charge in [0.05, 0.1) is 0 Å². The van der Waals surface area contributed by atoms with Crippen molar-refractivity contribution in [1.82, 2.24) is 0 Å². The van der Waals surface area contributed by atoms with Crippen LogP contribution in [0.2, 0.25) is 0 Å². The van der Waals surface area contributed by atoms with E-state index in [0.717, 1.165) is 0 Å². The molecule has 6 heteroatoms. The third-order valence-corrected chi connectivity index (χ3v) is 0. The maximum absolute atomic E-state index is 8.67. The van der Waals surface area contributed by atoms with Crippen LogP contribution >= 0.6 is 0 Å². The van der Waals surface area contributed by atoms with Crippen molar-refractivity contribution < 1.29 is 45.3 Å². The van der Waals surface area contributed by atoms with Crippen LogP contribution in [-0.2, 0) is 41.3 Å². The Morgan fingerprint density at radius 3 is 1.33 bits per heavy atom. The molecule has 0 aliphatic heterocycles. The molecule has 0 aromatic rings. The van der Waals surface area contributed by atoms with E-state index in [0.29, 0.717) is 0 Å². The van der Waals surface area contributed by atoms with Crippen LogP contribution in [0.1, 0.15) is 0 Å². The van der Waals surface area contributed by atoms with Crippen LogP contribution in [0.3, 0.4) is 0 Å². The monoisotopic (exact) mass is 363 g/mol. The fourth-order valence-electron chi connectivity index (χ4n) is 0. The summed E-state index contributed by atoms with van der Waals surface area (Å²) < 4.78 is 24.4. The molecule has 3 nitrogen and oxygen atoms in total. The van der Waals surface area contributed by atoms with E-state index >= 15 is 0 Å². The van der Waals surface area contributed by atoms with Gasteiger partial charge in [0.15, 0.2) is 0 Å². The van der Waals surface area contributed by atoms with E-state index in [-0.39, 0.29) is 44.8 Å². The largest absolute Gasteiger partial charge is 0 e. The van der Waals surface area contributed by atoms with E-state index in [9.17, 15) is 0 Å². The number of hydrogen-bond donors (Lipinski definition) is 1. The minimum Gasteiger partial charge on any atom is 0 e. The molecule has 0 unspecified atom stereocenters. The van der Waals surface area contributed by atoms with Gasteiger partial charge in [-0.25, -0.2) is 0 Å². The Morgan fingerprint density at radius 1 is 1.33 bits per heavy atom. The standard InChI is InChI=1S/Bi.H2O.2O.2V.3H/h;1H2;;;;;;;/q;;;;;+1;;;/p-1. The zero-order chi connectivity index (χ0) is 3.58. The van der Waals surface area contributed by atoms with Crippen LogP contribution in [0.15, 0.2) is 0 Å². The summed E-state index contributed by atoms with van der Waals surface area (Å²) in [7, 11) is 0. The normalized spacial score (nSPS) is 4.17. The van der Waals surface area contributed by atoms with Crippen LogP contribution < -0.4 is 0 Å². The van der Waals surface area contributed by atoms with Crippen LogP contribution in [0.4, 0.5) is 0 Å². The third kappa shape index (κ3) is 45.9. The molecule has 0 aliphatic carbocycles. The maximum Gasteiger partial charge on any atom is 0 e. The smallest absolute Gasteiger partial charge is 0 e. The fourth-order valence-corrected chi connectivity index (χ4v) is 0. The first-order chi connectivity index (χ1) is 1.73. The Bertz CT molecular complexity index is 57.2. The Kier molecular flexibility index (Phi) is 25.5. The van der Waals surface area contributed by atoms with Crippen LogP contribution in [0.25, 0.3) is 0 Å². The SMILES string of the molecule is [BiH3].[O]=[V](=[O])[OH].[V]. The predicted molar refractivity (Wildman–Crippen MR) is 13.5 cm³/mol. The van der Waals surface area contributed by atoms with Crippen molar-refractivity contribution in [2.45, 2.75) is 0 Å². The molecule has 0 aliphatic rings. The van der Waals surface area contributed by atoms with Crippen molar-refractivity contribution in [2.75, 3.05) is 0 Å². The Balaban J connectivity index is -0.0000000450. The van der Waals surface area contributed by atoms with Gasteiger partial charge in [-0.2, -0.15) is 0 Å². The molecule has 1 N–H and O–H groups in total. The molecule has 37 valence electrons. The van der Waals surface area contributed by atoms with Gasteiger partial charge in [0.1, 0.15) is 0 Å². The molecular weight excluding hydrogens is 359 g/mol. The molecule has 0 amide bonds. The van der Waals surface area contributed by atoms with Gasteiger partial charge in [-0.1, -0.05) is 0 Å². The molecule has 6 heavy (non-hydrogen) atoms. The van der Waals surface area contributed by atoms with Crippen molar-refractivity contribution in [1.29, 1.82) is 0 Å². The Labute approximate surface area is 70.9 Å². The predicted octanol–water partition coefficient (Wildman–Crippen LogP) is -1.98. The van der Waals surface area contributed by atoms with E-state index in [1.807, 2.05) is 0 Å². The summed E-state index contributed by atoms with van der Waals surface area (Å²) in [5, 5.41) is 0. The van der Waals surface area contributed by atoms with Gasteiger partial charge in [0.2, 0.25) is 0 Å². The first kappa shape index (κ1) is 15.6. The molecule has 0 aromatic carbocycles. The minimum absolute atomic E-state index is 0. The average molecular weight is 363 g/mol. The average Bonchev–Trinajstić information content (AvgIpc) is 0.811. The molecule has 0 atom stereocenters. The van der Waals surface area contributed by atoms with Crippen LogP contribution in [0.5, 0.6) is 0 Å². The van der Waals surface area contributed by atoms with E-state index in [1.54, 1.807) is 0 Å². The zero-order valence-corrected chi connectivity index (χ0v) is 11.2. The molecule has 0 bridgehead atoms. The topological polar surface area (TPSA) is 54.4 Å². The van der Waals surface area contributed by atoms with Crippen molar-refractivity contribution in [3.05, 3.63) is 0 Å². The van der Waals surface area contributed by atoms with Crippen molar-refractivity contribution in [3.63, 3.8) is 0 Å². The Hall–Kier alpha value is 1.61. The fraction of sp³-hybridized carbons (Fsp3) is 0. The summed E-state index contributed by atoms with van der Waals surface area (Å²) in [5.41, 5.74) is 0. The molecule has 0 saturated heterocycles. The molecule has 0 rings (SSSR count). The van der Waals surface area contributed by atoms with Gasteiger partial charge in [-0.05, 0) is 0 Å². The van der Waals surface area contributed by atoms with E-state index in [1.165, 1.54) is 0 Å². The molecule has 1 radical (unpaired) electrons. The second-order valence-corrected chi connectivity index (χ2v) is 0.981. The summed E-state index contributed by atoms with van der Waals surface area (Å²) in [4.78, 5) is 0. The van der Waals surface area contributed by atoms with Crippen molar-refractivity contribution >= 4 is 26.2 Å². The quantitative estimate of drug-likeness (QED) is 0.508. The van der Waals surface area contributed by atoms with Gasteiger partial charge in [0.25, 0.3) is 0 Å². The first-order valence-electron chi connectivity index (χ1n) is 0.565. The molecule has 0 aromatic heterocycles. The number of rotatable bonds is 0.